The van der Waals surface area contributed by atoms with E-state index in [-0.39, 0.29) is 12.5 Å². The Bertz CT molecular complexity index is 1390. The van der Waals surface area contributed by atoms with Gasteiger partial charge in [0.15, 0.2) is 5.13 Å². The molecule has 4 rings (SSSR count). The number of anilines is 1. The fourth-order valence-electron chi connectivity index (χ4n) is 3.42. The number of thiazole rings is 1. The first-order chi connectivity index (χ1) is 17.4. The van der Waals surface area contributed by atoms with Crippen molar-refractivity contribution in [2.75, 3.05) is 26.6 Å². The minimum absolute atomic E-state index is 0.126. The molecule has 1 N–H and O–H groups in total. The number of carbonyl (C=O) groups excluding carboxylic acids is 1. The molecular formula is C26H22Cl2N2O5S. The minimum atomic E-state index is -0.321. The van der Waals surface area contributed by atoms with Crippen LogP contribution in [0.15, 0.2) is 60.0 Å². The number of hydrogen-bond acceptors (Lipinski definition) is 7. The van der Waals surface area contributed by atoms with E-state index in [0.717, 1.165) is 5.56 Å². The van der Waals surface area contributed by atoms with Crippen molar-refractivity contribution >= 4 is 45.6 Å². The summed E-state index contributed by atoms with van der Waals surface area (Å²) in [5, 5.41) is 5.84. The van der Waals surface area contributed by atoms with E-state index in [0.29, 0.717) is 55.0 Å². The van der Waals surface area contributed by atoms with E-state index in [1.54, 1.807) is 57.7 Å². The lowest BCUT2D eigenvalue weighted by Crippen LogP contribution is -2.12. The number of carbonyl (C=O) groups is 1. The van der Waals surface area contributed by atoms with Crippen LogP contribution in [0.3, 0.4) is 0 Å². The number of rotatable bonds is 9. The van der Waals surface area contributed by atoms with E-state index in [4.69, 9.17) is 42.1 Å². The fraction of sp³-hybridized carbons (Fsp3) is 0.154. The number of benzene rings is 3. The number of halogens is 2. The van der Waals surface area contributed by atoms with Crippen LogP contribution in [0.4, 0.5) is 5.13 Å². The number of nitrogens with one attached hydrogen (secondary N) is 1. The maximum absolute atomic E-state index is 13.0. The molecule has 1 aromatic heterocycles. The van der Waals surface area contributed by atoms with E-state index < -0.39 is 0 Å². The lowest BCUT2D eigenvalue weighted by Gasteiger charge is -2.13. The van der Waals surface area contributed by atoms with E-state index in [2.05, 4.69) is 10.3 Å². The zero-order valence-electron chi connectivity index (χ0n) is 19.6. The summed E-state index contributed by atoms with van der Waals surface area (Å²) < 4.78 is 22.0. The van der Waals surface area contributed by atoms with Gasteiger partial charge in [-0.1, -0.05) is 29.3 Å². The van der Waals surface area contributed by atoms with Crippen molar-refractivity contribution in [3.8, 4) is 34.3 Å². The van der Waals surface area contributed by atoms with Crippen LogP contribution < -0.4 is 24.3 Å². The zero-order valence-corrected chi connectivity index (χ0v) is 22.0. The van der Waals surface area contributed by atoms with Gasteiger partial charge in [0.1, 0.15) is 34.6 Å². The molecule has 0 aliphatic rings. The molecule has 3 aromatic carbocycles. The molecule has 0 atom stereocenters. The van der Waals surface area contributed by atoms with Gasteiger partial charge in [-0.05, 0) is 48.5 Å². The first kappa shape index (κ1) is 25.6. The molecular weight excluding hydrogens is 523 g/mol. The van der Waals surface area contributed by atoms with Crippen molar-refractivity contribution in [1.82, 2.24) is 4.98 Å². The normalized spacial score (nSPS) is 10.6. The summed E-state index contributed by atoms with van der Waals surface area (Å²) >= 11 is 13.6. The molecule has 0 aliphatic heterocycles. The summed E-state index contributed by atoms with van der Waals surface area (Å²) in [6.07, 6.45) is 0. The smallest absolute Gasteiger partial charge is 0.257 e. The minimum Gasteiger partial charge on any atom is -0.497 e. The van der Waals surface area contributed by atoms with E-state index in [9.17, 15) is 4.79 Å². The molecule has 0 radical (unpaired) electrons. The number of nitrogens with zero attached hydrogens (tertiary/aromatic N) is 1. The van der Waals surface area contributed by atoms with Crippen molar-refractivity contribution in [2.24, 2.45) is 0 Å². The number of ether oxygens (including phenoxy) is 4. The predicted molar refractivity (Wildman–Crippen MR) is 142 cm³/mol. The third-order valence-corrected chi connectivity index (χ3v) is 6.81. The zero-order chi connectivity index (χ0) is 25.7. The Morgan fingerprint density at radius 2 is 1.72 bits per heavy atom. The Hall–Kier alpha value is -3.46. The van der Waals surface area contributed by atoms with E-state index >= 15 is 0 Å². The largest absolute Gasteiger partial charge is 0.497 e. The quantitative estimate of drug-likeness (QED) is 0.245. The van der Waals surface area contributed by atoms with Crippen LogP contribution in [-0.2, 0) is 6.61 Å². The summed E-state index contributed by atoms with van der Waals surface area (Å²) in [5.41, 5.74) is 2.51. The van der Waals surface area contributed by atoms with Gasteiger partial charge in [-0.3, -0.25) is 10.1 Å². The first-order valence-corrected chi connectivity index (χ1v) is 12.3. The average molecular weight is 545 g/mol. The molecule has 0 aliphatic carbocycles. The van der Waals surface area contributed by atoms with Gasteiger partial charge in [-0.2, -0.15) is 0 Å². The molecule has 0 saturated carbocycles. The van der Waals surface area contributed by atoms with Crippen molar-refractivity contribution in [2.45, 2.75) is 6.61 Å². The Kier molecular flexibility index (Phi) is 8.20. The second kappa shape index (κ2) is 11.5. The SMILES string of the molecule is COc1ccc(OC)c(-c2csc(NC(=O)c3ccc(OC)c(COc4cccc(Cl)c4Cl)c3)n2)c1. The third-order valence-electron chi connectivity index (χ3n) is 5.25. The highest BCUT2D eigenvalue weighted by atomic mass is 35.5. The third kappa shape index (κ3) is 5.67. The summed E-state index contributed by atoms with van der Waals surface area (Å²) in [6.45, 7) is 0.126. The van der Waals surface area contributed by atoms with Gasteiger partial charge >= 0.3 is 0 Å². The van der Waals surface area contributed by atoms with Gasteiger partial charge in [-0.15, -0.1) is 11.3 Å². The first-order valence-electron chi connectivity index (χ1n) is 10.7. The molecule has 10 heteroatoms. The van der Waals surface area contributed by atoms with E-state index in [1.807, 2.05) is 23.6 Å². The summed E-state index contributed by atoms with van der Waals surface area (Å²) in [4.78, 5) is 17.6. The lowest BCUT2D eigenvalue weighted by molar-refractivity contribution is 0.102. The number of aromatic nitrogens is 1. The second-order valence-corrected chi connectivity index (χ2v) is 9.07. The molecule has 36 heavy (non-hydrogen) atoms. The Balaban J connectivity index is 1.52. The molecule has 186 valence electrons. The molecule has 1 heterocycles. The molecule has 4 aromatic rings. The maximum atomic E-state index is 13.0. The molecule has 0 fully saturated rings. The van der Waals surface area contributed by atoms with Crippen LogP contribution >= 0.6 is 34.5 Å². The van der Waals surface area contributed by atoms with Crippen LogP contribution in [-0.4, -0.2) is 32.2 Å². The number of hydrogen-bond donors (Lipinski definition) is 1. The Morgan fingerprint density at radius 1 is 0.944 bits per heavy atom. The Morgan fingerprint density at radius 3 is 2.47 bits per heavy atom. The van der Waals surface area contributed by atoms with Gasteiger partial charge in [0.2, 0.25) is 0 Å². The highest BCUT2D eigenvalue weighted by Crippen LogP contribution is 2.35. The van der Waals surface area contributed by atoms with E-state index in [1.165, 1.54) is 11.3 Å². The van der Waals surface area contributed by atoms with Crippen LogP contribution in [0.1, 0.15) is 15.9 Å². The van der Waals surface area contributed by atoms with Gasteiger partial charge in [0.25, 0.3) is 5.91 Å². The second-order valence-electron chi connectivity index (χ2n) is 7.43. The Labute approximate surface area is 222 Å². The predicted octanol–water partition coefficient (Wildman–Crippen LogP) is 6.97. The van der Waals surface area contributed by atoms with Crippen LogP contribution in [0.2, 0.25) is 10.0 Å². The monoisotopic (exact) mass is 544 g/mol. The van der Waals surface area contributed by atoms with Crippen LogP contribution in [0, 0.1) is 0 Å². The summed E-state index contributed by atoms with van der Waals surface area (Å²) in [6, 6.07) is 15.7. The highest BCUT2D eigenvalue weighted by Gasteiger charge is 2.16. The van der Waals surface area contributed by atoms with Gasteiger partial charge in [0.05, 0.1) is 32.0 Å². The maximum Gasteiger partial charge on any atom is 0.257 e. The summed E-state index contributed by atoms with van der Waals surface area (Å²) in [5.74, 6) is 2.02. The highest BCUT2D eigenvalue weighted by molar-refractivity contribution is 7.14. The molecule has 0 spiro atoms. The van der Waals surface area contributed by atoms with Crippen LogP contribution in [0.25, 0.3) is 11.3 Å². The van der Waals surface area contributed by atoms with Gasteiger partial charge < -0.3 is 18.9 Å². The van der Waals surface area contributed by atoms with Crippen molar-refractivity contribution in [3.05, 3.63) is 81.1 Å². The molecule has 0 saturated heterocycles. The molecule has 7 nitrogen and oxygen atoms in total. The summed E-state index contributed by atoms with van der Waals surface area (Å²) in [7, 11) is 4.73. The van der Waals surface area contributed by atoms with Crippen molar-refractivity contribution in [3.63, 3.8) is 0 Å². The molecule has 0 bridgehead atoms. The van der Waals surface area contributed by atoms with Gasteiger partial charge in [0, 0.05) is 22.1 Å². The van der Waals surface area contributed by atoms with Crippen molar-refractivity contribution < 1.29 is 23.7 Å². The van der Waals surface area contributed by atoms with Crippen molar-refractivity contribution in [1.29, 1.82) is 0 Å². The topological polar surface area (TPSA) is 78.9 Å². The number of methoxy groups -OCH3 is 3. The lowest BCUT2D eigenvalue weighted by atomic mass is 10.1. The number of amides is 1. The molecule has 0 unspecified atom stereocenters. The average Bonchev–Trinajstić information content (AvgIpc) is 3.37. The fourth-order valence-corrected chi connectivity index (χ4v) is 4.47. The molecule has 1 amide bonds. The van der Waals surface area contributed by atoms with Crippen LogP contribution in [0.5, 0.6) is 23.0 Å². The van der Waals surface area contributed by atoms with Gasteiger partial charge in [-0.25, -0.2) is 4.98 Å². The standard InChI is InChI=1S/C26H22Cl2N2O5S/c1-32-17-8-10-22(34-3)18(12-17)20-14-36-26(29-20)30-25(31)15-7-9-21(33-2)16(11-15)13-35-23-6-4-5-19(27)24(23)28/h4-12,14H,13H2,1-3H3,(H,29,30,31).